The van der Waals surface area contributed by atoms with E-state index in [1.807, 2.05) is 6.92 Å². The van der Waals surface area contributed by atoms with Gasteiger partial charge in [-0.15, -0.1) is 0 Å². The maximum atomic E-state index is 5.64. The fraction of sp³-hybridized carbons (Fsp3) is 0.429. The van der Waals surface area contributed by atoms with Gasteiger partial charge in [0.15, 0.2) is 5.16 Å². The van der Waals surface area contributed by atoms with E-state index in [9.17, 15) is 0 Å². The lowest BCUT2D eigenvalue weighted by Gasteiger charge is -2.08. The van der Waals surface area contributed by atoms with Gasteiger partial charge in [0, 0.05) is 18.7 Å². The minimum Gasteiger partial charge on any atom is -0.393 e. The van der Waals surface area contributed by atoms with Crippen LogP contribution in [0.15, 0.2) is 23.4 Å². The summed E-state index contributed by atoms with van der Waals surface area (Å²) in [5.74, 6) is 1.10. The minimum absolute atomic E-state index is 0.228. The summed E-state index contributed by atoms with van der Waals surface area (Å²) in [6.07, 6.45) is 1.04. The molecule has 0 saturated heterocycles. The molecule has 0 bridgehead atoms. The van der Waals surface area contributed by atoms with Gasteiger partial charge in [-0.25, -0.2) is 4.98 Å². The second-order valence-electron chi connectivity index (χ2n) is 4.74. The molecule has 0 radical (unpaired) electrons. The van der Waals surface area contributed by atoms with Crippen LogP contribution in [-0.4, -0.2) is 20.3 Å². The Hall–Kier alpha value is -1.07. The van der Waals surface area contributed by atoms with Gasteiger partial charge < -0.3 is 10.3 Å². The Morgan fingerprint density at radius 1 is 1.53 bits per heavy atom. The van der Waals surface area contributed by atoms with Crippen LogP contribution in [0.25, 0.3) is 11.0 Å². The quantitative estimate of drug-likeness (QED) is 0.679. The van der Waals surface area contributed by atoms with Crippen molar-refractivity contribution in [3.8, 4) is 0 Å². The number of thioether (sulfide) groups is 1. The summed E-state index contributed by atoms with van der Waals surface area (Å²) in [5, 5.41) is 1.02. The summed E-state index contributed by atoms with van der Waals surface area (Å²) < 4.78 is 2.13. The lowest BCUT2D eigenvalue weighted by Crippen LogP contribution is -2.20. The summed E-state index contributed by atoms with van der Waals surface area (Å²) in [6.45, 7) is 4.21. The van der Waals surface area contributed by atoms with Crippen LogP contribution < -0.4 is 5.73 Å². The fourth-order valence-corrected chi connectivity index (χ4v) is 3.08. The topological polar surface area (TPSA) is 43.8 Å². The molecule has 0 aliphatic heterocycles. The van der Waals surface area contributed by atoms with Crippen LogP contribution in [0.1, 0.15) is 19.4 Å². The molecule has 1 unspecified atom stereocenters. The Kier molecular flexibility index (Phi) is 4.47. The molecule has 1 atom stereocenters. The average Bonchev–Trinajstić information content (AvgIpc) is 2.72. The third kappa shape index (κ3) is 3.09. The van der Waals surface area contributed by atoms with Gasteiger partial charge in [-0.3, -0.25) is 0 Å². The second kappa shape index (κ2) is 5.92. The van der Waals surface area contributed by atoms with Gasteiger partial charge in [0.25, 0.3) is 0 Å². The Balaban J connectivity index is 2.24. The number of aromatic nitrogens is 2. The van der Waals surface area contributed by atoms with E-state index in [2.05, 4.69) is 36.7 Å². The molecule has 0 aliphatic carbocycles. The molecule has 1 heterocycles. The van der Waals surface area contributed by atoms with Crippen molar-refractivity contribution in [2.45, 2.75) is 25.4 Å². The van der Waals surface area contributed by atoms with Gasteiger partial charge in [-0.1, -0.05) is 43.9 Å². The van der Waals surface area contributed by atoms with Crippen molar-refractivity contribution in [1.29, 1.82) is 0 Å². The van der Waals surface area contributed by atoms with Crippen molar-refractivity contribution in [3.05, 3.63) is 23.8 Å². The van der Waals surface area contributed by atoms with Crippen LogP contribution in [0, 0.1) is 5.92 Å². The van der Waals surface area contributed by atoms with Gasteiger partial charge in [0.05, 0.1) is 16.0 Å². The third-order valence-electron chi connectivity index (χ3n) is 3.26. The Morgan fingerprint density at radius 2 is 2.26 bits per heavy atom. The minimum atomic E-state index is 0.228. The number of benzene rings is 1. The van der Waals surface area contributed by atoms with E-state index in [1.165, 1.54) is 11.1 Å². The van der Waals surface area contributed by atoms with E-state index < -0.39 is 0 Å². The zero-order valence-electron chi connectivity index (χ0n) is 11.5. The highest BCUT2D eigenvalue weighted by molar-refractivity contribution is 7.99. The number of nitrogens with zero attached hydrogens (tertiary/aromatic N) is 2. The molecule has 0 amide bonds. The molecule has 102 valence electrons. The molecule has 2 aromatic rings. The van der Waals surface area contributed by atoms with Crippen LogP contribution in [0.4, 0.5) is 0 Å². The summed E-state index contributed by atoms with van der Waals surface area (Å²) in [6, 6.07) is 6.47. The number of rotatable bonds is 5. The van der Waals surface area contributed by atoms with Crippen LogP contribution in [0.2, 0.25) is 0 Å². The molecular weight excluding hydrogens is 274 g/mol. The van der Waals surface area contributed by atoms with Gasteiger partial charge in [0.1, 0.15) is 0 Å². The monoisotopic (exact) mass is 293 g/mol. The van der Waals surface area contributed by atoms with Crippen molar-refractivity contribution < 1.29 is 0 Å². The number of hydrogen-bond acceptors (Lipinski definition) is 3. The normalized spacial score (nSPS) is 12.8. The van der Waals surface area contributed by atoms with Crippen molar-refractivity contribution in [2.75, 3.05) is 5.75 Å². The smallest absolute Gasteiger partial charge is 0.168 e. The summed E-state index contributed by atoms with van der Waals surface area (Å²) >= 11 is 6.71. The molecular formula is C14H19N3S2. The second-order valence-corrected chi connectivity index (χ2v) is 6.20. The molecule has 0 saturated carbocycles. The SMILES string of the molecule is CCc1ccc2c(c1)nc(SCC(C)C(N)=S)n2C. The van der Waals surface area contributed by atoms with E-state index in [0.717, 1.165) is 22.8 Å². The van der Waals surface area contributed by atoms with Crippen molar-refractivity contribution >= 4 is 40.0 Å². The first kappa shape index (κ1) is 14.3. The van der Waals surface area contributed by atoms with E-state index in [0.29, 0.717) is 4.99 Å². The first-order valence-corrected chi connectivity index (χ1v) is 7.79. The molecule has 0 fully saturated rings. The van der Waals surface area contributed by atoms with E-state index >= 15 is 0 Å². The van der Waals surface area contributed by atoms with Gasteiger partial charge in [0.2, 0.25) is 0 Å². The first-order valence-electron chi connectivity index (χ1n) is 6.40. The molecule has 2 N–H and O–H groups in total. The van der Waals surface area contributed by atoms with Crippen molar-refractivity contribution in [2.24, 2.45) is 18.7 Å². The van der Waals surface area contributed by atoms with Crippen LogP contribution in [0.3, 0.4) is 0 Å². The van der Waals surface area contributed by atoms with Gasteiger partial charge >= 0.3 is 0 Å². The van der Waals surface area contributed by atoms with Crippen LogP contribution in [0.5, 0.6) is 0 Å². The molecule has 5 heteroatoms. The Labute approximate surface area is 123 Å². The van der Waals surface area contributed by atoms with E-state index in [-0.39, 0.29) is 5.92 Å². The Bertz CT molecular complexity index is 604. The summed E-state index contributed by atoms with van der Waals surface area (Å²) in [4.78, 5) is 5.26. The molecule has 0 aliphatic rings. The van der Waals surface area contributed by atoms with E-state index in [1.54, 1.807) is 11.8 Å². The first-order chi connectivity index (χ1) is 9.02. The molecule has 2 rings (SSSR count). The number of fused-ring (bicyclic) bond motifs is 1. The van der Waals surface area contributed by atoms with Crippen LogP contribution in [-0.2, 0) is 13.5 Å². The number of hydrogen-bond donors (Lipinski definition) is 1. The highest BCUT2D eigenvalue weighted by Crippen LogP contribution is 2.25. The zero-order chi connectivity index (χ0) is 14.0. The number of thiocarbonyl (C=S) groups is 1. The largest absolute Gasteiger partial charge is 0.393 e. The molecule has 1 aromatic heterocycles. The third-order valence-corrected chi connectivity index (χ3v) is 4.95. The molecule has 1 aromatic carbocycles. The van der Waals surface area contributed by atoms with Crippen molar-refractivity contribution in [3.63, 3.8) is 0 Å². The number of nitrogens with two attached hydrogens (primary N) is 1. The fourth-order valence-electron chi connectivity index (χ4n) is 1.85. The summed E-state index contributed by atoms with van der Waals surface area (Å²) in [7, 11) is 2.05. The zero-order valence-corrected chi connectivity index (χ0v) is 13.1. The number of imidazole rings is 1. The van der Waals surface area contributed by atoms with Gasteiger partial charge in [-0.2, -0.15) is 0 Å². The molecule has 3 nitrogen and oxygen atoms in total. The number of aryl methyl sites for hydroxylation is 2. The van der Waals surface area contributed by atoms with E-state index in [4.69, 9.17) is 22.9 Å². The summed E-state index contributed by atoms with van der Waals surface area (Å²) in [5.41, 5.74) is 9.19. The standard InChI is InChI=1S/C14H19N3S2/c1-4-10-5-6-12-11(7-10)16-14(17(12)3)19-8-9(2)13(15)18/h5-7,9H,4,8H2,1-3H3,(H2,15,18). The van der Waals surface area contributed by atoms with Crippen molar-refractivity contribution in [1.82, 2.24) is 9.55 Å². The Morgan fingerprint density at radius 3 is 2.89 bits per heavy atom. The average molecular weight is 293 g/mol. The molecule has 0 spiro atoms. The predicted molar refractivity (Wildman–Crippen MR) is 86.8 cm³/mol. The predicted octanol–water partition coefficient (Wildman–Crippen LogP) is 3.15. The highest BCUT2D eigenvalue weighted by atomic mass is 32.2. The van der Waals surface area contributed by atoms with Gasteiger partial charge in [-0.05, 0) is 24.1 Å². The lowest BCUT2D eigenvalue weighted by molar-refractivity contribution is 0.809. The molecule has 19 heavy (non-hydrogen) atoms. The maximum Gasteiger partial charge on any atom is 0.168 e. The van der Waals surface area contributed by atoms with Crippen LogP contribution >= 0.6 is 24.0 Å². The maximum absolute atomic E-state index is 5.64. The highest BCUT2D eigenvalue weighted by Gasteiger charge is 2.11. The lowest BCUT2D eigenvalue weighted by atomic mass is 10.1.